The van der Waals surface area contributed by atoms with Gasteiger partial charge in [0, 0.05) is 25.8 Å². The van der Waals surface area contributed by atoms with Crippen molar-refractivity contribution in [3.05, 3.63) is 23.9 Å². The van der Waals surface area contributed by atoms with E-state index in [1.54, 1.807) is 0 Å². The average Bonchev–Trinajstić information content (AvgIpc) is 2.40. The summed E-state index contributed by atoms with van der Waals surface area (Å²) in [6.07, 6.45) is -3.12. The van der Waals surface area contributed by atoms with E-state index in [4.69, 9.17) is 5.73 Å². The van der Waals surface area contributed by atoms with Crippen LogP contribution in [0.25, 0.3) is 0 Å². The molecule has 1 aromatic heterocycles. The molecule has 0 aliphatic rings. The molecule has 21 heavy (non-hydrogen) atoms. The van der Waals surface area contributed by atoms with Gasteiger partial charge in [-0.25, -0.2) is 4.98 Å². The summed E-state index contributed by atoms with van der Waals surface area (Å²) < 4.78 is 38.2. The van der Waals surface area contributed by atoms with Crippen molar-refractivity contribution < 1.29 is 13.2 Å². The Labute approximate surface area is 121 Å². The summed E-state index contributed by atoms with van der Waals surface area (Å²) in [6.45, 7) is 5.22. The zero-order valence-corrected chi connectivity index (χ0v) is 12.0. The predicted octanol–water partition coefficient (Wildman–Crippen LogP) is 2.07. The van der Waals surface area contributed by atoms with E-state index in [0.717, 1.165) is 6.07 Å². The fraction of sp³-hybridized carbons (Fsp3) is 0.538. The molecule has 0 saturated carbocycles. The largest absolute Gasteiger partial charge is 0.419 e. The third-order valence-electron chi connectivity index (χ3n) is 2.46. The Balaban J connectivity index is 2.45. The van der Waals surface area contributed by atoms with E-state index in [9.17, 15) is 13.2 Å². The molecule has 8 heteroatoms. The second-order valence-electron chi connectivity index (χ2n) is 4.87. The molecule has 0 fully saturated rings. The molecule has 0 radical (unpaired) electrons. The molecule has 0 spiro atoms. The molecule has 5 nitrogen and oxygen atoms in total. The maximum absolute atomic E-state index is 12.7. The summed E-state index contributed by atoms with van der Waals surface area (Å²) in [5.41, 5.74) is 4.83. The Bertz CT molecular complexity index is 471. The van der Waals surface area contributed by atoms with Crippen LogP contribution in [0.5, 0.6) is 0 Å². The van der Waals surface area contributed by atoms with Crippen LogP contribution in [-0.2, 0) is 6.18 Å². The monoisotopic (exact) mass is 303 g/mol. The topological polar surface area (TPSA) is 75.3 Å². The quantitative estimate of drug-likeness (QED) is 0.427. The van der Waals surface area contributed by atoms with Gasteiger partial charge >= 0.3 is 6.18 Å². The standard InChI is InChI=1S/C13H20F3N5/c1-9(2)8-21-12(17)20-7-6-19-11-10(13(14,15)16)4-3-5-18-11/h3-5,9H,6-8H2,1-2H3,(H,18,19)(H3,17,20,21). The van der Waals surface area contributed by atoms with Gasteiger partial charge in [-0.15, -0.1) is 0 Å². The molecular formula is C13H20F3N5. The number of hydrogen-bond donors (Lipinski definition) is 3. The van der Waals surface area contributed by atoms with Crippen molar-refractivity contribution in [2.45, 2.75) is 20.0 Å². The molecule has 0 amide bonds. The molecule has 0 bridgehead atoms. The number of alkyl halides is 3. The summed E-state index contributed by atoms with van der Waals surface area (Å²) in [6, 6.07) is 2.24. The van der Waals surface area contributed by atoms with E-state index in [2.05, 4.69) is 20.6 Å². The number of aromatic nitrogens is 1. The van der Waals surface area contributed by atoms with Gasteiger partial charge in [0.15, 0.2) is 5.96 Å². The first-order chi connectivity index (χ1) is 9.80. The van der Waals surface area contributed by atoms with Gasteiger partial charge < -0.3 is 16.4 Å². The first kappa shape index (κ1) is 17.1. The zero-order chi connectivity index (χ0) is 15.9. The number of rotatable bonds is 6. The number of anilines is 1. The number of aliphatic imine (C=N–C) groups is 1. The fourth-order valence-corrected chi connectivity index (χ4v) is 1.48. The van der Waals surface area contributed by atoms with Crippen molar-refractivity contribution in [3.63, 3.8) is 0 Å². The van der Waals surface area contributed by atoms with E-state index in [-0.39, 0.29) is 18.3 Å². The number of pyridine rings is 1. The van der Waals surface area contributed by atoms with Crippen molar-refractivity contribution in [2.24, 2.45) is 16.6 Å². The summed E-state index contributed by atoms with van der Waals surface area (Å²) in [5.74, 6) is 0.485. The SMILES string of the molecule is CC(C)CN=C(N)NCCNc1ncccc1C(F)(F)F. The summed E-state index contributed by atoms with van der Waals surface area (Å²) in [7, 11) is 0. The number of halogens is 3. The third-order valence-corrected chi connectivity index (χ3v) is 2.46. The van der Waals surface area contributed by atoms with E-state index in [1.165, 1.54) is 12.3 Å². The minimum atomic E-state index is -4.43. The lowest BCUT2D eigenvalue weighted by atomic mass is 10.2. The normalized spacial score (nSPS) is 12.6. The highest BCUT2D eigenvalue weighted by Crippen LogP contribution is 2.33. The van der Waals surface area contributed by atoms with Gasteiger partial charge in [-0.3, -0.25) is 4.99 Å². The fourth-order valence-electron chi connectivity index (χ4n) is 1.48. The van der Waals surface area contributed by atoms with Crippen molar-refractivity contribution in [2.75, 3.05) is 25.0 Å². The Hall–Kier alpha value is -1.99. The molecule has 4 N–H and O–H groups in total. The Kier molecular flexibility index (Phi) is 6.26. The molecule has 0 saturated heterocycles. The van der Waals surface area contributed by atoms with Crippen molar-refractivity contribution in [1.29, 1.82) is 0 Å². The van der Waals surface area contributed by atoms with Crippen LogP contribution in [0.15, 0.2) is 23.3 Å². The van der Waals surface area contributed by atoms with Crippen molar-refractivity contribution in [3.8, 4) is 0 Å². The molecule has 1 heterocycles. The van der Waals surface area contributed by atoms with E-state index < -0.39 is 11.7 Å². The third kappa shape index (κ3) is 6.33. The lowest BCUT2D eigenvalue weighted by Gasteiger charge is -2.13. The minimum absolute atomic E-state index is 0.190. The van der Waals surface area contributed by atoms with Crippen molar-refractivity contribution in [1.82, 2.24) is 10.3 Å². The van der Waals surface area contributed by atoms with Crippen LogP contribution in [0.4, 0.5) is 19.0 Å². The molecule has 0 aliphatic heterocycles. The predicted molar refractivity (Wildman–Crippen MR) is 77.1 cm³/mol. The molecule has 1 rings (SSSR count). The smallest absolute Gasteiger partial charge is 0.370 e. The number of hydrogen-bond acceptors (Lipinski definition) is 3. The Morgan fingerprint density at radius 2 is 2.10 bits per heavy atom. The second-order valence-corrected chi connectivity index (χ2v) is 4.87. The Morgan fingerprint density at radius 3 is 2.71 bits per heavy atom. The van der Waals surface area contributed by atoms with E-state index >= 15 is 0 Å². The lowest BCUT2D eigenvalue weighted by molar-refractivity contribution is -0.137. The molecular weight excluding hydrogens is 283 g/mol. The van der Waals surface area contributed by atoms with Gasteiger partial charge in [0.2, 0.25) is 0 Å². The summed E-state index contributed by atoms with van der Waals surface area (Å²) in [5, 5.41) is 5.46. The van der Waals surface area contributed by atoms with Crippen LogP contribution in [0, 0.1) is 5.92 Å². The molecule has 118 valence electrons. The second kappa shape index (κ2) is 7.70. The highest BCUT2D eigenvalue weighted by Gasteiger charge is 2.33. The molecule has 0 aromatic carbocycles. The first-order valence-electron chi connectivity index (χ1n) is 6.60. The minimum Gasteiger partial charge on any atom is -0.370 e. The number of nitrogens with one attached hydrogen (secondary N) is 2. The molecule has 0 aliphatic carbocycles. The maximum atomic E-state index is 12.7. The number of nitrogens with two attached hydrogens (primary N) is 1. The molecule has 0 atom stereocenters. The number of nitrogens with zero attached hydrogens (tertiary/aromatic N) is 2. The summed E-state index contributed by atoms with van der Waals surface area (Å²) in [4.78, 5) is 7.79. The zero-order valence-electron chi connectivity index (χ0n) is 12.0. The van der Waals surface area contributed by atoms with Crippen LogP contribution < -0.4 is 16.4 Å². The van der Waals surface area contributed by atoms with Crippen LogP contribution in [0.2, 0.25) is 0 Å². The van der Waals surface area contributed by atoms with Gasteiger partial charge in [0.25, 0.3) is 0 Å². The van der Waals surface area contributed by atoms with Gasteiger partial charge in [-0.2, -0.15) is 13.2 Å². The van der Waals surface area contributed by atoms with E-state index in [1.807, 2.05) is 13.8 Å². The Morgan fingerprint density at radius 1 is 1.38 bits per heavy atom. The molecule has 1 aromatic rings. The van der Waals surface area contributed by atoms with Gasteiger partial charge in [-0.1, -0.05) is 13.8 Å². The lowest BCUT2D eigenvalue weighted by Crippen LogP contribution is -2.35. The van der Waals surface area contributed by atoms with Gasteiger partial charge in [0.05, 0.1) is 5.56 Å². The first-order valence-corrected chi connectivity index (χ1v) is 6.60. The van der Waals surface area contributed by atoms with Crippen molar-refractivity contribution >= 4 is 11.8 Å². The van der Waals surface area contributed by atoms with Gasteiger partial charge in [-0.05, 0) is 18.1 Å². The highest BCUT2D eigenvalue weighted by atomic mass is 19.4. The van der Waals surface area contributed by atoms with Crippen LogP contribution >= 0.6 is 0 Å². The summed E-state index contributed by atoms with van der Waals surface area (Å²) >= 11 is 0. The maximum Gasteiger partial charge on any atom is 0.419 e. The average molecular weight is 303 g/mol. The number of guanidine groups is 1. The van der Waals surface area contributed by atoms with E-state index in [0.29, 0.717) is 19.0 Å². The molecule has 0 unspecified atom stereocenters. The van der Waals surface area contributed by atoms with Crippen LogP contribution in [0.1, 0.15) is 19.4 Å². The van der Waals surface area contributed by atoms with Crippen LogP contribution in [-0.4, -0.2) is 30.6 Å². The van der Waals surface area contributed by atoms with Crippen LogP contribution in [0.3, 0.4) is 0 Å². The van der Waals surface area contributed by atoms with Gasteiger partial charge in [0.1, 0.15) is 5.82 Å². The highest BCUT2D eigenvalue weighted by molar-refractivity contribution is 5.77.